The van der Waals surface area contributed by atoms with Gasteiger partial charge in [0.05, 0.1) is 6.04 Å². The number of nitrogens with zero attached hydrogens (tertiary/aromatic N) is 1. The SMILES string of the molecule is CN1CCCCC1C(=O)NCc1ccc(Cl)cc1. The average molecular weight is 267 g/mol. The zero-order valence-electron chi connectivity index (χ0n) is 10.7. The molecule has 0 radical (unpaired) electrons. The van der Waals surface area contributed by atoms with E-state index in [2.05, 4.69) is 10.2 Å². The number of amides is 1. The van der Waals surface area contributed by atoms with Crippen LogP contribution < -0.4 is 5.32 Å². The lowest BCUT2D eigenvalue weighted by Gasteiger charge is -2.31. The van der Waals surface area contributed by atoms with E-state index in [-0.39, 0.29) is 11.9 Å². The predicted molar refractivity (Wildman–Crippen MR) is 73.6 cm³/mol. The Hall–Kier alpha value is -1.06. The summed E-state index contributed by atoms with van der Waals surface area (Å²) in [6, 6.07) is 7.59. The standard InChI is InChI=1S/C14H19ClN2O/c1-17-9-3-2-4-13(17)14(18)16-10-11-5-7-12(15)8-6-11/h5-8,13H,2-4,9-10H2,1H3,(H,16,18). The van der Waals surface area contributed by atoms with Crippen molar-refractivity contribution in [3.8, 4) is 0 Å². The van der Waals surface area contributed by atoms with Crippen molar-refractivity contribution in [2.24, 2.45) is 0 Å². The molecule has 1 saturated heterocycles. The van der Waals surface area contributed by atoms with Crippen molar-refractivity contribution in [1.82, 2.24) is 10.2 Å². The average Bonchev–Trinajstić information content (AvgIpc) is 2.38. The molecule has 0 aliphatic carbocycles. The van der Waals surface area contributed by atoms with Crippen LogP contribution >= 0.6 is 11.6 Å². The van der Waals surface area contributed by atoms with Crippen LogP contribution in [0.25, 0.3) is 0 Å². The first kappa shape index (κ1) is 13.4. The molecule has 1 aliphatic heterocycles. The predicted octanol–water partition coefficient (Wildman–Crippen LogP) is 2.44. The Balaban J connectivity index is 1.85. The van der Waals surface area contributed by atoms with Crippen molar-refractivity contribution >= 4 is 17.5 Å². The minimum absolute atomic E-state index is 0.0334. The maximum atomic E-state index is 12.1. The zero-order valence-corrected chi connectivity index (χ0v) is 11.4. The van der Waals surface area contributed by atoms with Crippen molar-refractivity contribution < 1.29 is 4.79 Å². The number of carbonyl (C=O) groups is 1. The van der Waals surface area contributed by atoms with Crippen LogP contribution in [0.1, 0.15) is 24.8 Å². The number of halogens is 1. The van der Waals surface area contributed by atoms with Gasteiger partial charge in [0, 0.05) is 11.6 Å². The molecule has 0 bridgehead atoms. The summed E-state index contributed by atoms with van der Waals surface area (Å²) in [6.45, 7) is 1.58. The van der Waals surface area contributed by atoms with Gasteiger partial charge in [-0.05, 0) is 44.1 Å². The lowest BCUT2D eigenvalue weighted by Crippen LogP contribution is -2.47. The normalized spacial score (nSPS) is 20.7. The third-order valence-corrected chi connectivity index (χ3v) is 3.71. The van der Waals surface area contributed by atoms with Crippen molar-refractivity contribution in [1.29, 1.82) is 0 Å². The smallest absolute Gasteiger partial charge is 0.237 e. The lowest BCUT2D eigenvalue weighted by atomic mass is 10.0. The highest BCUT2D eigenvalue weighted by molar-refractivity contribution is 6.30. The van der Waals surface area contributed by atoms with Crippen molar-refractivity contribution in [2.45, 2.75) is 31.8 Å². The minimum atomic E-state index is 0.0334. The highest BCUT2D eigenvalue weighted by Gasteiger charge is 2.25. The van der Waals surface area contributed by atoms with Crippen LogP contribution in [0.5, 0.6) is 0 Å². The molecule has 4 heteroatoms. The number of hydrogen-bond donors (Lipinski definition) is 1. The van der Waals surface area contributed by atoms with Crippen LogP contribution in [-0.2, 0) is 11.3 Å². The molecule has 1 aromatic carbocycles. The van der Waals surface area contributed by atoms with E-state index in [1.54, 1.807) is 0 Å². The van der Waals surface area contributed by atoms with Gasteiger partial charge in [-0.3, -0.25) is 9.69 Å². The highest BCUT2D eigenvalue weighted by Crippen LogP contribution is 2.15. The number of nitrogens with one attached hydrogen (secondary N) is 1. The molecule has 0 spiro atoms. The van der Waals surface area contributed by atoms with Crippen LogP contribution in [0.2, 0.25) is 5.02 Å². The third-order valence-electron chi connectivity index (χ3n) is 3.45. The van der Waals surface area contributed by atoms with Gasteiger partial charge >= 0.3 is 0 Å². The Kier molecular flexibility index (Phi) is 4.61. The molecule has 1 N–H and O–H groups in total. The second-order valence-corrected chi connectivity index (χ2v) is 5.27. The second-order valence-electron chi connectivity index (χ2n) is 4.84. The Morgan fingerprint density at radius 3 is 2.78 bits per heavy atom. The van der Waals surface area contributed by atoms with Gasteiger partial charge in [0.15, 0.2) is 0 Å². The van der Waals surface area contributed by atoms with Gasteiger partial charge in [-0.2, -0.15) is 0 Å². The molecule has 18 heavy (non-hydrogen) atoms. The van der Waals surface area contributed by atoms with Crippen LogP contribution in [0.15, 0.2) is 24.3 Å². The number of piperidine rings is 1. The molecule has 1 aliphatic rings. The van der Waals surface area contributed by atoms with E-state index >= 15 is 0 Å². The zero-order chi connectivity index (χ0) is 13.0. The molecule has 1 heterocycles. The summed E-state index contributed by atoms with van der Waals surface area (Å²) in [4.78, 5) is 14.2. The van der Waals surface area contributed by atoms with E-state index in [1.165, 1.54) is 6.42 Å². The summed E-state index contributed by atoms with van der Waals surface area (Å²) in [5.41, 5.74) is 1.08. The maximum Gasteiger partial charge on any atom is 0.237 e. The van der Waals surface area contributed by atoms with Crippen LogP contribution in [-0.4, -0.2) is 30.4 Å². The largest absolute Gasteiger partial charge is 0.351 e. The van der Waals surface area contributed by atoms with E-state index < -0.39 is 0 Å². The molecule has 3 nitrogen and oxygen atoms in total. The van der Waals surface area contributed by atoms with Gasteiger partial charge in [0.25, 0.3) is 0 Å². The summed E-state index contributed by atoms with van der Waals surface area (Å²) >= 11 is 5.82. The number of benzene rings is 1. The monoisotopic (exact) mass is 266 g/mol. The van der Waals surface area contributed by atoms with Crippen molar-refractivity contribution in [3.05, 3.63) is 34.9 Å². The molecule has 1 atom stereocenters. The molecule has 98 valence electrons. The van der Waals surface area contributed by atoms with Crippen LogP contribution in [0.3, 0.4) is 0 Å². The summed E-state index contributed by atoms with van der Waals surface area (Å²) in [7, 11) is 2.02. The molecular weight excluding hydrogens is 248 g/mol. The van der Waals surface area contributed by atoms with Gasteiger partial charge in [-0.1, -0.05) is 30.2 Å². The van der Waals surface area contributed by atoms with E-state index in [1.807, 2.05) is 31.3 Å². The topological polar surface area (TPSA) is 32.3 Å². The molecular formula is C14H19ClN2O. The Morgan fingerprint density at radius 1 is 1.39 bits per heavy atom. The first-order valence-corrected chi connectivity index (χ1v) is 6.77. The van der Waals surface area contributed by atoms with Gasteiger partial charge in [-0.25, -0.2) is 0 Å². The van der Waals surface area contributed by atoms with E-state index in [9.17, 15) is 4.79 Å². The molecule has 0 aromatic heterocycles. The summed E-state index contributed by atoms with van der Waals surface area (Å²) in [5, 5.41) is 3.71. The quantitative estimate of drug-likeness (QED) is 0.911. The van der Waals surface area contributed by atoms with Gasteiger partial charge in [-0.15, -0.1) is 0 Å². The Bertz CT molecular complexity index is 405. The fourth-order valence-corrected chi connectivity index (χ4v) is 2.44. The molecule has 2 rings (SSSR count). The number of hydrogen-bond acceptors (Lipinski definition) is 2. The highest BCUT2D eigenvalue weighted by atomic mass is 35.5. The van der Waals surface area contributed by atoms with E-state index in [0.29, 0.717) is 6.54 Å². The van der Waals surface area contributed by atoms with Crippen molar-refractivity contribution in [3.63, 3.8) is 0 Å². The van der Waals surface area contributed by atoms with Crippen molar-refractivity contribution in [2.75, 3.05) is 13.6 Å². The lowest BCUT2D eigenvalue weighted by molar-refractivity contribution is -0.127. The number of carbonyl (C=O) groups excluding carboxylic acids is 1. The third kappa shape index (κ3) is 3.47. The molecule has 1 aromatic rings. The number of likely N-dealkylation sites (N-methyl/N-ethyl adjacent to an activating group) is 1. The fourth-order valence-electron chi connectivity index (χ4n) is 2.32. The minimum Gasteiger partial charge on any atom is -0.351 e. The summed E-state index contributed by atoms with van der Waals surface area (Å²) < 4.78 is 0. The molecule has 0 saturated carbocycles. The first-order chi connectivity index (χ1) is 8.66. The van der Waals surface area contributed by atoms with Gasteiger partial charge < -0.3 is 5.32 Å². The first-order valence-electron chi connectivity index (χ1n) is 6.39. The van der Waals surface area contributed by atoms with E-state index in [4.69, 9.17) is 11.6 Å². The second kappa shape index (κ2) is 6.21. The van der Waals surface area contributed by atoms with Gasteiger partial charge in [0.2, 0.25) is 5.91 Å². The molecule has 1 amide bonds. The molecule has 1 unspecified atom stereocenters. The molecule has 1 fully saturated rings. The number of rotatable bonds is 3. The van der Waals surface area contributed by atoms with Crippen LogP contribution in [0.4, 0.5) is 0 Å². The maximum absolute atomic E-state index is 12.1. The van der Waals surface area contributed by atoms with E-state index in [0.717, 1.165) is 30.0 Å². The summed E-state index contributed by atoms with van der Waals surface area (Å²) in [6.07, 6.45) is 3.30. The Labute approximate surface area is 113 Å². The van der Waals surface area contributed by atoms with Gasteiger partial charge in [0.1, 0.15) is 0 Å². The number of likely N-dealkylation sites (tertiary alicyclic amines) is 1. The fraction of sp³-hybridized carbons (Fsp3) is 0.500. The summed E-state index contributed by atoms with van der Waals surface area (Å²) in [5.74, 6) is 0.132. The van der Waals surface area contributed by atoms with Crippen LogP contribution in [0, 0.1) is 0 Å². The Morgan fingerprint density at radius 2 is 2.11 bits per heavy atom.